The van der Waals surface area contributed by atoms with Gasteiger partial charge in [0, 0.05) is 7.05 Å². The molecule has 0 aliphatic carbocycles. The molecule has 0 spiro atoms. The molecule has 1 amide bonds. The molecule has 2 N–H and O–H groups in total. The van der Waals surface area contributed by atoms with Crippen LogP contribution < -0.4 is 15.6 Å². The number of carbonyl (C=O) groups excluding carboxylic acids is 1. The summed E-state index contributed by atoms with van der Waals surface area (Å²) in [5.74, 6) is 0.976. The fraction of sp³-hybridized carbons (Fsp3) is 0.417. The highest BCUT2D eigenvalue weighted by Gasteiger charge is 2.03. The first-order valence-electron chi connectivity index (χ1n) is 5.32. The lowest BCUT2D eigenvalue weighted by molar-refractivity contribution is -0.123. The van der Waals surface area contributed by atoms with Gasteiger partial charge in [-0.2, -0.15) is 0 Å². The van der Waals surface area contributed by atoms with Crippen LogP contribution >= 0.6 is 0 Å². The minimum absolute atomic E-state index is 0.0163. The van der Waals surface area contributed by atoms with E-state index in [2.05, 4.69) is 24.7 Å². The maximum absolute atomic E-state index is 11.1. The Balaban J connectivity index is 2.54. The van der Waals surface area contributed by atoms with Crippen molar-refractivity contribution in [1.82, 2.24) is 10.9 Å². The van der Waals surface area contributed by atoms with Crippen molar-refractivity contribution in [2.24, 2.45) is 0 Å². The lowest BCUT2D eigenvalue weighted by atomic mass is 10.0. The van der Waals surface area contributed by atoms with E-state index < -0.39 is 0 Å². The summed E-state index contributed by atoms with van der Waals surface area (Å²) in [6.45, 7) is 4.25. The van der Waals surface area contributed by atoms with Gasteiger partial charge in [-0.05, 0) is 23.6 Å². The first-order valence-corrected chi connectivity index (χ1v) is 5.32. The molecular weight excluding hydrogens is 204 g/mol. The van der Waals surface area contributed by atoms with E-state index in [1.807, 2.05) is 24.3 Å². The van der Waals surface area contributed by atoms with E-state index in [1.54, 1.807) is 7.05 Å². The lowest BCUT2D eigenvalue weighted by Crippen LogP contribution is -2.37. The Bertz CT molecular complexity index is 351. The molecule has 16 heavy (non-hydrogen) atoms. The fourth-order valence-electron chi connectivity index (χ4n) is 1.29. The van der Waals surface area contributed by atoms with E-state index in [9.17, 15) is 4.79 Å². The van der Waals surface area contributed by atoms with Crippen LogP contribution in [0.1, 0.15) is 25.3 Å². The molecule has 88 valence electrons. The van der Waals surface area contributed by atoms with Crippen LogP contribution in [0.15, 0.2) is 24.3 Å². The molecule has 0 fully saturated rings. The number of hydrogen-bond acceptors (Lipinski definition) is 3. The van der Waals surface area contributed by atoms with Crippen LogP contribution in [0.3, 0.4) is 0 Å². The first kappa shape index (κ1) is 12.5. The zero-order valence-corrected chi connectivity index (χ0v) is 9.91. The summed E-state index contributed by atoms with van der Waals surface area (Å²) in [5, 5.41) is 0. The van der Waals surface area contributed by atoms with Crippen LogP contribution in [-0.4, -0.2) is 19.6 Å². The molecule has 0 unspecified atom stereocenters. The third-order valence-electron chi connectivity index (χ3n) is 2.16. The molecule has 0 saturated heterocycles. The minimum Gasteiger partial charge on any atom is -0.484 e. The summed E-state index contributed by atoms with van der Waals surface area (Å²) >= 11 is 0. The Morgan fingerprint density at radius 2 is 2.19 bits per heavy atom. The normalized spacial score (nSPS) is 10.2. The Morgan fingerprint density at radius 3 is 2.81 bits per heavy atom. The van der Waals surface area contributed by atoms with Crippen molar-refractivity contribution in [3.05, 3.63) is 29.8 Å². The molecule has 0 atom stereocenters. The average molecular weight is 222 g/mol. The topological polar surface area (TPSA) is 50.4 Å². The summed E-state index contributed by atoms with van der Waals surface area (Å²) < 4.78 is 5.36. The molecule has 1 aromatic rings. The summed E-state index contributed by atoms with van der Waals surface area (Å²) in [6.07, 6.45) is 0. The molecule has 4 heteroatoms. The minimum atomic E-state index is -0.197. The van der Waals surface area contributed by atoms with Crippen LogP contribution in [0.5, 0.6) is 5.75 Å². The van der Waals surface area contributed by atoms with Gasteiger partial charge in [-0.1, -0.05) is 26.0 Å². The van der Waals surface area contributed by atoms with Gasteiger partial charge < -0.3 is 4.74 Å². The first-order chi connectivity index (χ1) is 7.63. The predicted octanol–water partition coefficient (Wildman–Crippen LogP) is 1.44. The Morgan fingerprint density at radius 1 is 1.44 bits per heavy atom. The van der Waals surface area contributed by atoms with Crippen LogP contribution in [0.4, 0.5) is 0 Å². The monoisotopic (exact) mass is 222 g/mol. The van der Waals surface area contributed by atoms with Crippen LogP contribution in [0.2, 0.25) is 0 Å². The number of ether oxygens (including phenoxy) is 1. The zero-order chi connectivity index (χ0) is 12.0. The van der Waals surface area contributed by atoms with Crippen molar-refractivity contribution < 1.29 is 9.53 Å². The SMILES string of the molecule is CNNC(=O)COc1cccc(C(C)C)c1. The van der Waals surface area contributed by atoms with Gasteiger partial charge in [0.05, 0.1) is 0 Å². The van der Waals surface area contributed by atoms with Crippen LogP contribution in [0, 0.1) is 0 Å². The van der Waals surface area contributed by atoms with Crippen molar-refractivity contribution in [3.8, 4) is 5.75 Å². The Kier molecular flexibility index (Phi) is 4.79. The number of nitrogens with one attached hydrogen (secondary N) is 2. The van der Waals surface area contributed by atoms with Crippen LogP contribution in [-0.2, 0) is 4.79 Å². The molecule has 0 aromatic heterocycles. The molecule has 1 aromatic carbocycles. The smallest absolute Gasteiger partial charge is 0.271 e. The third kappa shape index (κ3) is 3.90. The molecule has 0 radical (unpaired) electrons. The molecular formula is C12H18N2O2. The van der Waals surface area contributed by atoms with Gasteiger partial charge in [0.1, 0.15) is 5.75 Å². The predicted molar refractivity (Wildman–Crippen MR) is 63.2 cm³/mol. The molecule has 1 rings (SSSR count). The zero-order valence-electron chi connectivity index (χ0n) is 9.91. The van der Waals surface area contributed by atoms with Crippen molar-refractivity contribution >= 4 is 5.91 Å². The van der Waals surface area contributed by atoms with Crippen molar-refractivity contribution in [1.29, 1.82) is 0 Å². The van der Waals surface area contributed by atoms with Crippen molar-refractivity contribution in [2.75, 3.05) is 13.7 Å². The molecule has 0 aliphatic rings. The number of hydrogen-bond donors (Lipinski definition) is 2. The second-order valence-electron chi connectivity index (χ2n) is 3.81. The van der Waals surface area contributed by atoms with E-state index >= 15 is 0 Å². The second-order valence-corrected chi connectivity index (χ2v) is 3.81. The Hall–Kier alpha value is -1.55. The van der Waals surface area contributed by atoms with Crippen molar-refractivity contribution in [2.45, 2.75) is 19.8 Å². The van der Waals surface area contributed by atoms with E-state index in [1.165, 1.54) is 5.56 Å². The van der Waals surface area contributed by atoms with Gasteiger partial charge in [0.2, 0.25) is 0 Å². The average Bonchev–Trinajstić information content (AvgIpc) is 2.27. The van der Waals surface area contributed by atoms with E-state index in [0.717, 1.165) is 5.75 Å². The highest BCUT2D eigenvalue weighted by atomic mass is 16.5. The molecule has 0 heterocycles. The number of carbonyl (C=O) groups is 1. The highest BCUT2D eigenvalue weighted by Crippen LogP contribution is 2.19. The van der Waals surface area contributed by atoms with Gasteiger partial charge in [-0.3, -0.25) is 10.2 Å². The van der Waals surface area contributed by atoms with Gasteiger partial charge in [-0.25, -0.2) is 5.43 Å². The Labute approximate surface area is 96.0 Å². The maximum Gasteiger partial charge on any atom is 0.271 e. The number of hydrazine groups is 1. The van der Waals surface area contributed by atoms with Gasteiger partial charge >= 0.3 is 0 Å². The van der Waals surface area contributed by atoms with E-state index in [-0.39, 0.29) is 12.5 Å². The number of rotatable bonds is 5. The fourth-order valence-corrected chi connectivity index (χ4v) is 1.29. The molecule has 0 aliphatic heterocycles. The quantitative estimate of drug-likeness (QED) is 0.741. The maximum atomic E-state index is 11.1. The van der Waals surface area contributed by atoms with Gasteiger partial charge in [0.15, 0.2) is 6.61 Å². The highest BCUT2D eigenvalue weighted by molar-refractivity contribution is 5.76. The summed E-state index contributed by atoms with van der Waals surface area (Å²) in [6, 6.07) is 7.78. The van der Waals surface area contributed by atoms with E-state index in [0.29, 0.717) is 5.92 Å². The summed E-state index contributed by atoms with van der Waals surface area (Å²) in [4.78, 5) is 11.1. The third-order valence-corrected chi connectivity index (χ3v) is 2.16. The van der Waals surface area contributed by atoms with Crippen LogP contribution in [0.25, 0.3) is 0 Å². The largest absolute Gasteiger partial charge is 0.484 e. The standard InChI is InChI=1S/C12H18N2O2/c1-9(2)10-5-4-6-11(7-10)16-8-12(15)14-13-3/h4-7,9,13H,8H2,1-3H3,(H,14,15). The van der Waals surface area contributed by atoms with Gasteiger partial charge in [-0.15, -0.1) is 0 Å². The lowest BCUT2D eigenvalue weighted by Gasteiger charge is -2.09. The van der Waals surface area contributed by atoms with Crippen molar-refractivity contribution in [3.63, 3.8) is 0 Å². The molecule has 4 nitrogen and oxygen atoms in total. The second kappa shape index (κ2) is 6.12. The molecule has 0 saturated carbocycles. The number of amides is 1. The van der Waals surface area contributed by atoms with E-state index in [4.69, 9.17) is 4.74 Å². The van der Waals surface area contributed by atoms with Gasteiger partial charge in [0.25, 0.3) is 5.91 Å². The summed E-state index contributed by atoms with van der Waals surface area (Å²) in [7, 11) is 1.64. The summed E-state index contributed by atoms with van der Waals surface area (Å²) in [5.41, 5.74) is 6.19. The number of benzene rings is 1. The molecule has 0 bridgehead atoms.